The van der Waals surface area contributed by atoms with E-state index in [-0.39, 0.29) is 23.9 Å². The third-order valence-corrected chi connectivity index (χ3v) is 3.20. The summed E-state index contributed by atoms with van der Waals surface area (Å²) in [6.45, 7) is 11.3. The fourth-order valence-corrected chi connectivity index (χ4v) is 2.34. The van der Waals surface area contributed by atoms with Gasteiger partial charge >= 0.3 is 0 Å². The lowest BCUT2D eigenvalue weighted by molar-refractivity contribution is 0.308. The fraction of sp³-hybridized carbons (Fsp3) is 0.625. The topological polar surface area (TPSA) is 35.2 Å². The number of halogens is 2. The summed E-state index contributed by atoms with van der Waals surface area (Å²) in [5.41, 5.74) is 8.21. The Morgan fingerprint density at radius 3 is 2.35 bits per heavy atom. The minimum Gasteiger partial charge on any atom is -0.492 e. The Labute approximate surface area is 134 Å². The van der Waals surface area contributed by atoms with Gasteiger partial charge in [-0.15, -0.1) is 12.4 Å². The Bertz CT molecular complexity index is 425. The van der Waals surface area contributed by atoms with Crippen LogP contribution >= 0.6 is 24.0 Å². The highest BCUT2D eigenvalue weighted by molar-refractivity contribution is 6.32. The van der Waals surface area contributed by atoms with Gasteiger partial charge in [-0.05, 0) is 36.8 Å². The van der Waals surface area contributed by atoms with E-state index in [0.29, 0.717) is 11.6 Å². The van der Waals surface area contributed by atoms with E-state index in [1.165, 1.54) is 5.56 Å². The van der Waals surface area contributed by atoms with E-state index in [1.54, 1.807) is 0 Å². The van der Waals surface area contributed by atoms with E-state index >= 15 is 0 Å². The summed E-state index contributed by atoms with van der Waals surface area (Å²) in [7, 11) is 0. The molecule has 0 aliphatic carbocycles. The van der Waals surface area contributed by atoms with Gasteiger partial charge in [0.05, 0.1) is 11.6 Å². The molecule has 0 saturated carbocycles. The molecular weight excluding hydrogens is 293 g/mol. The number of nitrogens with two attached hydrogens (primary N) is 1. The van der Waals surface area contributed by atoms with E-state index < -0.39 is 0 Å². The Hall–Kier alpha value is -0.440. The van der Waals surface area contributed by atoms with Crippen molar-refractivity contribution in [1.29, 1.82) is 0 Å². The Morgan fingerprint density at radius 1 is 1.30 bits per heavy atom. The van der Waals surface area contributed by atoms with Crippen LogP contribution in [-0.2, 0) is 11.8 Å². The van der Waals surface area contributed by atoms with Gasteiger partial charge in [-0.3, -0.25) is 0 Å². The molecule has 1 atom stereocenters. The normalized spacial score (nSPS) is 12.8. The molecular formula is C16H27Cl2NO. The van der Waals surface area contributed by atoms with Crippen LogP contribution in [0.2, 0.25) is 5.02 Å². The largest absolute Gasteiger partial charge is 0.492 e. The third kappa shape index (κ3) is 5.51. The summed E-state index contributed by atoms with van der Waals surface area (Å²) < 4.78 is 5.84. The van der Waals surface area contributed by atoms with Crippen molar-refractivity contribution in [2.75, 3.05) is 6.61 Å². The zero-order valence-corrected chi connectivity index (χ0v) is 14.7. The molecule has 1 aromatic carbocycles. The summed E-state index contributed by atoms with van der Waals surface area (Å²) in [5, 5.41) is 0.691. The molecule has 0 aromatic heterocycles. The van der Waals surface area contributed by atoms with Crippen LogP contribution in [0.4, 0.5) is 0 Å². The van der Waals surface area contributed by atoms with Crippen molar-refractivity contribution < 1.29 is 4.74 Å². The second-order valence-corrected chi connectivity index (χ2v) is 6.64. The van der Waals surface area contributed by atoms with E-state index in [1.807, 2.05) is 13.0 Å². The lowest BCUT2D eigenvalue weighted by atomic mass is 9.84. The lowest BCUT2D eigenvalue weighted by Crippen LogP contribution is -2.19. The second kappa shape index (κ2) is 8.11. The summed E-state index contributed by atoms with van der Waals surface area (Å²) in [5.74, 6) is 0.824. The SMILES string of the molecule is CCCOc1c(Cl)cc(CC(C)N)cc1C(C)(C)C.Cl. The zero-order valence-electron chi connectivity index (χ0n) is 13.1. The highest BCUT2D eigenvalue weighted by Gasteiger charge is 2.22. The van der Waals surface area contributed by atoms with Gasteiger partial charge in [0.1, 0.15) is 5.75 Å². The first-order chi connectivity index (χ1) is 8.75. The minimum absolute atomic E-state index is 0. The van der Waals surface area contributed by atoms with Crippen molar-refractivity contribution in [3.8, 4) is 5.75 Å². The Balaban J connectivity index is 0.00000361. The van der Waals surface area contributed by atoms with Gasteiger partial charge in [-0.2, -0.15) is 0 Å². The van der Waals surface area contributed by atoms with Crippen molar-refractivity contribution in [3.05, 3.63) is 28.3 Å². The van der Waals surface area contributed by atoms with Crippen molar-refractivity contribution >= 4 is 24.0 Å². The first-order valence-corrected chi connectivity index (χ1v) is 7.34. The molecule has 20 heavy (non-hydrogen) atoms. The lowest BCUT2D eigenvalue weighted by Gasteiger charge is -2.25. The Kier molecular flexibility index (Phi) is 7.93. The average molecular weight is 320 g/mol. The van der Waals surface area contributed by atoms with Gasteiger partial charge in [0, 0.05) is 11.6 Å². The molecule has 0 heterocycles. The van der Waals surface area contributed by atoms with Crippen LogP contribution in [-0.4, -0.2) is 12.6 Å². The first kappa shape index (κ1) is 19.6. The molecule has 0 aliphatic rings. The van der Waals surface area contributed by atoms with Gasteiger partial charge < -0.3 is 10.5 Å². The predicted octanol–water partition coefficient (Wildman–Crippen LogP) is 4.74. The maximum Gasteiger partial charge on any atom is 0.141 e. The fourth-order valence-electron chi connectivity index (χ4n) is 2.05. The van der Waals surface area contributed by atoms with Crippen LogP contribution in [0.25, 0.3) is 0 Å². The van der Waals surface area contributed by atoms with E-state index in [0.717, 1.165) is 24.2 Å². The summed E-state index contributed by atoms with van der Waals surface area (Å²) in [6.07, 6.45) is 1.80. The van der Waals surface area contributed by atoms with Crippen molar-refractivity contribution in [2.24, 2.45) is 5.73 Å². The van der Waals surface area contributed by atoms with Gasteiger partial charge in [-0.25, -0.2) is 0 Å². The molecule has 0 saturated heterocycles. The molecule has 2 N–H and O–H groups in total. The standard InChI is InChI=1S/C16H26ClNO.ClH/c1-6-7-19-15-13(16(3,4)5)9-12(8-11(2)18)10-14(15)17;/h9-11H,6-8,18H2,1-5H3;1H. The minimum atomic E-state index is 0. The van der Waals surface area contributed by atoms with E-state index in [2.05, 4.69) is 33.8 Å². The van der Waals surface area contributed by atoms with E-state index in [4.69, 9.17) is 22.1 Å². The molecule has 0 spiro atoms. The molecule has 4 heteroatoms. The summed E-state index contributed by atoms with van der Waals surface area (Å²) >= 11 is 6.39. The van der Waals surface area contributed by atoms with Gasteiger partial charge in [0.15, 0.2) is 0 Å². The molecule has 0 fully saturated rings. The van der Waals surface area contributed by atoms with Crippen molar-refractivity contribution in [2.45, 2.75) is 58.9 Å². The average Bonchev–Trinajstić information content (AvgIpc) is 2.25. The van der Waals surface area contributed by atoms with E-state index in [9.17, 15) is 0 Å². The molecule has 1 rings (SSSR count). The highest BCUT2D eigenvalue weighted by Crippen LogP contribution is 2.38. The molecule has 1 unspecified atom stereocenters. The van der Waals surface area contributed by atoms with Crippen molar-refractivity contribution in [3.63, 3.8) is 0 Å². The number of rotatable bonds is 5. The second-order valence-electron chi connectivity index (χ2n) is 6.23. The number of benzene rings is 1. The molecule has 116 valence electrons. The maximum atomic E-state index is 6.39. The molecule has 0 bridgehead atoms. The van der Waals surface area contributed by atoms with Gasteiger partial charge in [0.25, 0.3) is 0 Å². The van der Waals surface area contributed by atoms with Crippen molar-refractivity contribution in [1.82, 2.24) is 0 Å². The third-order valence-electron chi connectivity index (χ3n) is 2.92. The van der Waals surface area contributed by atoms with Gasteiger partial charge in [-0.1, -0.05) is 45.4 Å². The number of hydrogen-bond acceptors (Lipinski definition) is 2. The first-order valence-electron chi connectivity index (χ1n) is 6.97. The molecule has 0 aliphatic heterocycles. The maximum absolute atomic E-state index is 6.39. The summed E-state index contributed by atoms with van der Waals surface area (Å²) in [6, 6.07) is 4.29. The number of hydrogen-bond donors (Lipinski definition) is 1. The van der Waals surface area contributed by atoms with Crippen LogP contribution in [0.15, 0.2) is 12.1 Å². The smallest absolute Gasteiger partial charge is 0.141 e. The van der Waals surface area contributed by atoms with Crippen LogP contribution < -0.4 is 10.5 Å². The zero-order chi connectivity index (χ0) is 14.6. The Morgan fingerprint density at radius 2 is 1.90 bits per heavy atom. The molecule has 0 amide bonds. The van der Waals surface area contributed by atoms with Crippen LogP contribution in [0, 0.1) is 0 Å². The predicted molar refractivity (Wildman–Crippen MR) is 90.5 cm³/mol. The monoisotopic (exact) mass is 319 g/mol. The van der Waals surface area contributed by atoms with Gasteiger partial charge in [0.2, 0.25) is 0 Å². The molecule has 0 radical (unpaired) electrons. The van der Waals surface area contributed by atoms with Crippen LogP contribution in [0.1, 0.15) is 52.2 Å². The molecule has 1 aromatic rings. The van der Waals surface area contributed by atoms with Crippen LogP contribution in [0.3, 0.4) is 0 Å². The summed E-state index contributed by atoms with van der Waals surface area (Å²) in [4.78, 5) is 0. The molecule has 2 nitrogen and oxygen atoms in total. The highest BCUT2D eigenvalue weighted by atomic mass is 35.5. The quantitative estimate of drug-likeness (QED) is 0.850. The number of ether oxygens (including phenoxy) is 1. The van der Waals surface area contributed by atoms with Crippen LogP contribution in [0.5, 0.6) is 5.75 Å².